The predicted octanol–water partition coefficient (Wildman–Crippen LogP) is 3.65. The monoisotopic (exact) mass is 407 g/mol. The van der Waals surface area contributed by atoms with E-state index in [1.807, 2.05) is 12.1 Å². The maximum absolute atomic E-state index is 12.3. The largest absolute Gasteiger partial charge is 0.497 e. The van der Waals surface area contributed by atoms with Crippen molar-refractivity contribution in [2.75, 3.05) is 19.5 Å². The van der Waals surface area contributed by atoms with Crippen molar-refractivity contribution in [2.45, 2.75) is 13.0 Å². The molecule has 7 heteroatoms. The zero-order chi connectivity index (χ0) is 18.4. The van der Waals surface area contributed by atoms with Crippen molar-refractivity contribution < 1.29 is 23.8 Å². The molecule has 1 N–H and O–H groups in total. The van der Waals surface area contributed by atoms with Gasteiger partial charge in [-0.1, -0.05) is 15.9 Å². The molecular formula is C18H18BrNO5. The Morgan fingerprint density at radius 2 is 1.76 bits per heavy atom. The van der Waals surface area contributed by atoms with Gasteiger partial charge in [-0.3, -0.25) is 4.79 Å². The number of carbonyl (C=O) groups excluding carboxylic acids is 2. The van der Waals surface area contributed by atoms with Crippen molar-refractivity contribution in [3.8, 4) is 11.5 Å². The van der Waals surface area contributed by atoms with Crippen molar-refractivity contribution in [2.24, 2.45) is 0 Å². The quantitative estimate of drug-likeness (QED) is 0.739. The summed E-state index contributed by atoms with van der Waals surface area (Å²) >= 11 is 3.33. The first-order chi connectivity index (χ1) is 11.9. The minimum absolute atomic E-state index is 0.213. The van der Waals surface area contributed by atoms with E-state index in [1.54, 1.807) is 25.1 Å². The number of hydrogen-bond donors (Lipinski definition) is 1. The molecule has 0 aliphatic carbocycles. The Hall–Kier alpha value is -2.54. The Balaban J connectivity index is 2.15. The molecule has 1 amide bonds. The fraction of sp³-hybridized carbons (Fsp3) is 0.222. The average Bonchev–Trinajstić information content (AvgIpc) is 2.62. The molecule has 0 radical (unpaired) electrons. The lowest BCUT2D eigenvalue weighted by atomic mass is 10.2. The van der Waals surface area contributed by atoms with E-state index in [1.165, 1.54) is 26.4 Å². The maximum Gasteiger partial charge on any atom is 0.341 e. The summed E-state index contributed by atoms with van der Waals surface area (Å²) in [4.78, 5) is 24.2. The van der Waals surface area contributed by atoms with Gasteiger partial charge in [0.05, 0.1) is 14.2 Å². The Labute approximate surface area is 154 Å². The van der Waals surface area contributed by atoms with Crippen LogP contribution in [0.15, 0.2) is 46.9 Å². The van der Waals surface area contributed by atoms with Crippen LogP contribution in [0.1, 0.15) is 17.3 Å². The van der Waals surface area contributed by atoms with Gasteiger partial charge in [-0.15, -0.1) is 0 Å². The second kappa shape index (κ2) is 8.53. The van der Waals surface area contributed by atoms with Crippen molar-refractivity contribution in [1.29, 1.82) is 0 Å². The zero-order valence-corrected chi connectivity index (χ0v) is 15.6. The Morgan fingerprint density at radius 1 is 1.08 bits per heavy atom. The summed E-state index contributed by atoms with van der Waals surface area (Å²) in [6.45, 7) is 1.59. The normalized spacial score (nSPS) is 11.4. The molecule has 0 aliphatic rings. The first-order valence-electron chi connectivity index (χ1n) is 7.44. The number of anilines is 1. The zero-order valence-electron chi connectivity index (χ0n) is 14.0. The topological polar surface area (TPSA) is 73.9 Å². The first kappa shape index (κ1) is 18.8. The molecule has 6 nitrogen and oxygen atoms in total. The van der Waals surface area contributed by atoms with Crippen LogP contribution < -0.4 is 14.8 Å². The lowest BCUT2D eigenvalue weighted by molar-refractivity contribution is -0.122. The molecule has 0 bridgehead atoms. The van der Waals surface area contributed by atoms with Gasteiger partial charge in [-0.05, 0) is 43.3 Å². The van der Waals surface area contributed by atoms with Crippen LogP contribution in [0.5, 0.6) is 11.5 Å². The van der Waals surface area contributed by atoms with Gasteiger partial charge >= 0.3 is 5.97 Å². The second-order valence-electron chi connectivity index (χ2n) is 5.11. The van der Waals surface area contributed by atoms with Crippen molar-refractivity contribution in [3.63, 3.8) is 0 Å². The number of ether oxygens (including phenoxy) is 3. The van der Waals surface area contributed by atoms with Crippen LogP contribution in [0, 0.1) is 0 Å². The van der Waals surface area contributed by atoms with E-state index in [4.69, 9.17) is 14.2 Å². The van der Waals surface area contributed by atoms with E-state index in [-0.39, 0.29) is 17.2 Å². The number of benzene rings is 2. The van der Waals surface area contributed by atoms with Gasteiger partial charge in [-0.2, -0.15) is 0 Å². The third kappa shape index (κ3) is 4.96. The van der Waals surface area contributed by atoms with E-state index in [2.05, 4.69) is 21.2 Å². The molecule has 2 aromatic rings. The van der Waals surface area contributed by atoms with E-state index < -0.39 is 12.1 Å². The number of nitrogens with one attached hydrogen (secondary N) is 1. The van der Waals surface area contributed by atoms with Crippen LogP contribution in [-0.4, -0.2) is 32.2 Å². The molecule has 0 aromatic heterocycles. The molecule has 0 spiro atoms. The molecule has 1 atom stereocenters. The van der Waals surface area contributed by atoms with Crippen LogP contribution in [0.25, 0.3) is 0 Å². The fourth-order valence-electron chi connectivity index (χ4n) is 2.03. The van der Waals surface area contributed by atoms with E-state index in [0.29, 0.717) is 11.4 Å². The maximum atomic E-state index is 12.3. The van der Waals surface area contributed by atoms with Gasteiger partial charge in [-0.25, -0.2) is 4.79 Å². The third-order valence-corrected chi connectivity index (χ3v) is 3.91. The van der Waals surface area contributed by atoms with Crippen LogP contribution in [0.4, 0.5) is 5.69 Å². The van der Waals surface area contributed by atoms with Crippen molar-refractivity contribution in [1.82, 2.24) is 0 Å². The van der Waals surface area contributed by atoms with E-state index in [9.17, 15) is 9.59 Å². The van der Waals surface area contributed by atoms with Gasteiger partial charge in [0.1, 0.15) is 17.1 Å². The van der Waals surface area contributed by atoms with Crippen LogP contribution in [0.3, 0.4) is 0 Å². The van der Waals surface area contributed by atoms with Crippen molar-refractivity contribution >= 4 is 33.5 Å². The highest BCUT2D eigenvalue weighted by molar-refractivity contribution is 9.10. The molecule has 0 unspecified atom stereocenters. The molecule has 0 fully saturated rings. The van der Waals surface area contributed by atoms with Crippen LogP contribution in [-0.2, 0) is 9.53 Å². The smallest absolute Gasteiger partial charge is 0.341 e. The summed E-state index contributed by atoms with van der Waals surface area (Å²) in [5.74, 6) is -0.188. The summed E-state index contributed by atoms with van der Waals surface area (Å²) in [5.41, 5.74) is 0.856. The highest BCUT2D eigenvalue weighted by atomic mass is 79.9. The molecule has 2 rings (SSSR count). The highest BCUT2D eigenvalue weighted by Crippen LogP contribution is 2.26. The minimum Gasteiger partial charge on any atom is -0.497 e. The minimum atomic E-state index is -0.834. The average molecular weight is 408 g/mol. The number of carbonyl (C=O) groups is 2. The van der Waals surface area contributed by atoms with Gasteiger partial charge in [0, 0.05) is 16.2 Å². The van der Waals surface area contributed by atoms with Gasteiger partial charge in [0.2, 0.25) is 0 Å². The van der Waals surface area contributed by atoms with Gasteiger partial charge < -0.3 is 19.5 Å². The Morgan fingerprint density at radius 3 is 2.36 bits per heavy atom. The van der Waals surface area contributed by atoms with Gasteiger partial charge in [0.15, 0.2) is 6.10 Å². The standard InChI is InChI=1S/C18H18BrNO5/c1-11(17(21)20-13-6-4-12(19)5-7-13)25-16-10-14(23-2)8-9-15(16)18(22)24-3/h4-11H,1-3H3,(H,20,21)/t11-/m0/s1. The summed E-state index contributed by atoms with van der Waals surface area (Å²) in [6, 6.07) is 11.8. The lowest BCUT2D eigenvalue weighted by Crippen LogP contribution is -2.30. The molecule has 0 aliphatic heterocycles. The first-order valence-corrected chi connectivity index (χ1v) is 8.23. The molecule has 2 aromatic carbocycles. The summed E-state index contributed by atoms with van der Waals surface area (Å²) in [6.07, 6.45) is -0.834. The SMILES string of the molecule is COC(=O)c1ccc(OC)cc1O[C@@H](C)C(=O)Nc1ccc(Br)cc1. The van der Waals surface area contributed by atoms with Gasteiger partial charge in [0.25, 0.3) is 5.91 Å². The Bertz CT molecular complexity index is 761. The van der Waals surface area contributed by atoms with Crippen molar-refractivity contribution in [3.05, 3.63) is 52.5 Å². The summed E-state index contributed by atoms with van der Waals surface area (Å²) < 4.78 is 16.4. The summed E-state index contributed by atoms with van der Waals surface area (Å²) in [7, 11) is 2.78. The molecule has 0 saturated heterocycles. The molecule has 0 heterocycles. The molecular weight excluding hydrogens is 390 g/mol. The van der Waals surface area contributed by atoms with Crippen LogP contribution in [0.2, 0.25) is 0 Å². The number of amides is 1. The fourth-order valence-corrected chi connectivity index (χ4v) is 2.29. The van der Waals surface area contributed by atoms with E-state index in [0.717, 1.165) is 4.47 Å². The number of esters is 1. The second-order valence-corrected chi connectivity index (χ2v) is 6.03. The number of halogens is 1. The number of hydrogen-bond acceptors (Lipinski definition) is 5. The molecule has 25 heavy (non-hydrogen) atoms. The summed E-state index contributed by atoms with van der Waals surface area (Å²) in [5, 5.41) is 2.75. The predicted molar refractivity (Wildman–Crippen MR) is 97.2 cm³/mol. The highest BCUT2D eigenvalue weighted by Gasteiger charge is 2.20. The third-order valence-electron chi connectivity index (χ3n) is 3.38. The van der Waals surface area contributed by atoms with Crippen LogP contribution >= 0.6 is 15.9 Å². The number of methoxy groups -OCH3 is 2. The number of rotatable bonds is 6. The molecule has 132 valence electrons. The van der Waals surface area contributed by atoms with E-state index >= 15 is 0 Å². The Kier molecular flexibility index (Phi) is 6.41. The molecule has 0 saturated carbocycles. The lowest BCUT2D eigenvalue weighted by Gasteiger charge is -2.17.